The lowest BCUT2D eigenvalue weighted by Crippen LogP contribution is -2.50. The molecule has 8 aromatic rings. The van der Waals surface area contributed by atoms with Crippen LogP contribution in [0, 0.1) is 18.7 Å². The van der Waals surface area contributed by atoms with Gasteiger partial charge in [0.15, 0.2) is 5.75 Å². The van der Waals surface area contributed by atoms with E-state index in [2.05, 4.69) is 36.2 Å². The summed E-state index contributed by atoms with van der Waals surface area (Å²) in [7, 11) is 1.52. The first kappa shape index (κ1) is 55.8. The molecule has 3 fully saturated rings. The Morgan fingerprint density at radius 1 is 0.951 bits per heavy atom. The van der Waals surface area contributed by atoms with Gasteiger partial charge in [-0.05, 0) is 73.6 Å². The zero-order chi connectivity index (χ0) is 57.7. The van der Waals surface area contributed by atoms with E-state index in [-0.39, 0.29) is 101 Å². The number of aromatic amines is 1. The number of rotatable bonds is 19. The Bertz CT molecular complexity index is 3650. The molecule has 11 rings (SSSR count). The van der Waals surface area contributed by atoms with Gasteiger partial charge in [-0.3, -0.25) is 19.4 Å². The third-order valence-corrected chi connectivity index (χ3v) is 15.9. The Kier molecular flexibility index (Phi) is 15.5. The molecule has 3 aliphatic rings. The second-order valence-electron chi connectivity index (χ2n) is 21.6. The van der Waals surface area contributed by atoms with Crippen LogP contribution in [0.2, 0.25) is 0 Å². The number of H-pyrrole nitrogens is 1. The molecule has 3 saturated heterocycles. The number of carbonyl (C=O) groups excluding carboxylic acids is 2. The van der Waals surface area contributed by atoms with E-state index in [4.69, 9.17) is 24.2 Å². The molecule has 0 saturated carbocycles. The molecule has 0 aliphatic carbocycles. The number of nitrogens with zero attached hydrogens (tertiary/aromatic N) is 10. The van der Waals surface area contributed by atoms with Crippen molar-refractivity contribution in [1.29, 1.82) is 0 Å². The first-order valence-electron chi connectivity index (χ1n) is 27.3. The minimum atomic E-state index is -4.98. The number of carbonyl (C=O) groups is 2. The van der Waals surface area contributed by atoms with Gasteiger partial charge in [0.05, 0.1) is 54.0 Å². The highest BCUT2D eigenvalue weighted by atomic mass is 19.4. The third-order valence-electron chi connectivity index (χ3n) is 15.9. The monoisotopic (exact) mass is 1130 g/mol. The van der Waals surface area contributed by atoms with Crippen molar-refractivity contribution >= 4 is 39.4 Å². The summed E-state index contributed by atoms with van der Waals surface area (Å²) >= 11 is 0. The van der Waals surface area contributed by atoms with Crippen molar-refractivity contribution in [2.24, 2.45) is 5.92 Å². The van der Waals surface area contributed by atoms with Gasteiger partial charge in [0.2, 0.25) is 11.8 Å². The number of hydrogen-bond donors (Lipinski definition) is 5. The van der Waals surface area contributed by atoms with Crippen molar-refractivity contribution in [3.05, 3.63) is 113 Å². The number of halogens is 4. The average Bonchev–Trinajstić information content (AvgIpc) is 1.95. The number of fused-ring (bicyclic) bond motifs is 4. The summed E-state index contributed by atoms with van der Waals surface area (Å²) in [5.74, 6) is -2.12. The lowest BCUT2D eigenvalue weighted by Gasteiger charge is -2.30. The molecule has 4 aromatic heterocycles. The highest BCUT2D eigenvalue weighted by Gasteiger charge is 2.45. The summed E-state index contributed by atoms with van der Waals surface area (Å²) in [6.07, 6.45) is -0.902. The number of methoxy groups -OCH3 is 1. The molecule has 4 aromatic carbocycles. The molecule has 0 radical (unpaired) electrons. The molecule has 24 heteroatoms. The number of aliphatic hydroxyl groups is 2. The van der Waals surface area contributed by atoms with Gasteiger partial charge in [-0.25, -0.2) is 9.07 Å². The topological polar surface area (TPSA) is 236 Å². The van der Waals surface area contributed by atoms with Gasteiger partial charge in [-0.1, -0.05) is 67.6 Å². The number of hydrogen-bond acceptors (Lipinski definition) is 15. The Morgan fingerprint density at radius 3 is 2.40 bits per heavy atom. The number of amides is 2. The van der Waals surface area contributed by atoms with Gasteiger partial charge < -0.3 is 44.9 Å². The van der Waals surface area contributed by atoms with E-state index < -0.39 is 65.8 Å². The zero-order valence-electron chi connectivity index (χ0n) is 46.0. The van der Waals surface area contributed by atoms with E-state index >= 15 is 17.6 Å². The Labute approximate surface area is 468 Å². The molecule has 2 amide bonds. The van der Waals surface area contributed by atoms with Crippen molar-refractivity contribution in [2.45, 2.75) is 109 Å². The Morgan fingerprint density at radius 2 is 1.72 bits per heavy atom. The first-order valence-corrected chi connectivity index (χ1v) is 27.3. The van der Waals surface area contributed by atoms with E-state index in [1.54, 1.807) is 43.6 Å². The van der Waals surface area contributed by atoms with Crippen LogP contribution < -0.4 is 25.0 Å². The predicted molar refractivity (Wildman–Crippen MR) is 295 cm³/mol. The third kappa shape index (κ3) is 10.7. The number of ether oxygens (including phenoxy) is 3. The molecule has 3 aliphatic heterocycles. The lowest BCUT2D eigenvalue weighted by molar-refractivity contribution is -0.142. The van der Waals surface area contributed by atoms with Gasteiger partial charge in [-0.15, -0.1) is 5.10 Å². The molecular weight excluding hydrogens is 1070 g/mol. The van der Waals surface area contributed by atoms with Crippen LogP contribution in [0.1, 0.15) is 74.9 Å². The summed E-state index contributed by atoms with van der Waals surface area (Å²) < 4.78 is 84.9. The van der Waals surface area contributed by atoms with Crippen LogP contribution in [0.3, 0.4) is 0 Å². The number of β-amino-alcohol motifs (C(OH)–C–C–N with tert-alkyl or cyclic N) is 1. The van der Waals surface area contributed by atoms with E-state index in [1.165, 1.54) is 35.9 Å². The lowest BCUT2D eigenvalue weighted by atomic mass is 9.90. The maximum absolute atomic E-state index is 15.9. The Hall–Kier alpha value is -8.06. The molecule has 2 bridgehead atoms. The second-order valence-corrected chi connectivity index (χ2v) is 21.6. The number of aliphatic hydroxyl groups excluding tert-OH is 2. The highest BCUT2D eigenvalue weighted by molar-refractivity contribution is 6.06. The normalized spacial score (nSPS) is 19.2. The smallest absolute Gasteiger partial charge is 0.417 e. The van der Waals surface area contributed by atoms with E-state index in [0.717, 1.165) is 23.7 Å². The van der Waals surface area contributed by atoms with Crippen LogP contribution in [0.25, 0.3) is 55.4 Å². The molecule has 20 nitrogen and oxygen atoms in total. The van der Waals surface area contributed by atoms with Crippen molar-refractivity contribution in [1.82, 2.24) is 60.5 Å². The average molecular weight is 1130 g/mol. The van der Waals surface area contributed by atoms with Crippen LogP contribution in [-0.2, 0) is 33.7 Å². The molecular formula is C58H63F4N13O7. The zero-order valence-corrected chi connectivity index (χ0v) is 46.0. The summed E-state index contributed by atoms with van der Waals surface area (Å²) in [6.45, 7) is 9.89. The van der Waals surface area contributed by atoms with Gasteiger partial charge in [0.1, 0.15) is 48.1 Å². The molecule has 0 spiro atoms. The maximum Gasteiger partial charge on any atom is 0.417 e. The van der Waals surface area contributed by atoms with Crippen LogP contribution in [0.4, 0.5) is 23.4 Å². The highest BCUT2D eigenvalue weighted by Crippen LogP contribution is 2.51. The number of likely N-dealkylation sites (tertiary alicyclic amines) is 1. The number of benzene rings is 4. The van der Waals surface area contributed by atoms with Crippen LogP contribution in [-0.4, -0.2) is 142 Å². The SMILES string of the molecule is CCn1nccc1-c1ccc([C@H](CO)NC(=O)[C@@H]2C[C@@H](O)CN2C(=O)[C@H](C(C)C)n2cc(-c3ccc(COc4c(-c5c(C)c(F)cc6[nH]ncc56)c(C(F)(F)F)cc5c(N6C[C@@H]7C[C@H]6CN7)nc(OC[C@H](C)OC)nc45)cc3)nn2)cc1. The number of nitrogens with one attached hydrogen (secondary N) is 3. The number of aryl methyl sites for hydroxylation is 1. The van der Waals surface area contributed by atoms with Crippen LogP contribution in [0.5, 0.6) is 11.8 Å². The molecule has 7 atom stereocenters. The van der Waals surface area contributed by atoms with Crippen molar-refractivity contribution in [2.75, 3.05) is 44.9 Å². The summed E-state index contributed by atoms with van der Waals surface area (Å²) in [5.41, 5.74) is 2.55. The molecule has 430 valence electrons. The standard InChI is InChI=1S/C58H63F4N13O7/c1-7-74-47(16-17-65-74)36-14-12-35(13-15-36)46(27-76)66-55(78)48-19-39(77)25-73(48)56(79)52(30(2)3)75-26-45(70-71-75)34-10-8-33(9-11-34)29-81-53-50(49-32(5)43(59)21-44-41(49)23-64-69-44)42(58(60,61)62)20-40-51(53)67-57(82-28-31(4)80-6)68-54(40)72-24-37-18-38(72)22-63-37/h8-17,20-21,23,26,30-31,37-39,46,48,52,63,76-77H,7,18-19,22,24-25,27-29H2,1-6H3,(H,64,69)(H,66,78)/t31-,37-,38-,39+,46-,48-,52-/m0/s1. The molecule has 5 N–H and O–H groups in total. The van der Waals surface area contributed by atoms with E-state index in [0.29, 0.717) is 42.0 Å². The summed E-state index contributed by atoms with van der Waals surface area (Å²) in [4.78, 5) is 41.4. The number of aromatic nitrogens is 9. The minimum Gasteiger partial charge on any atom is -0.486 e. The number of anilines is 1. The maximum atomic E-state index is 15.9. The van der Waals surface area contributed by atoms with Crippen molar-refractivity contribution in [3.8, 4) is 45.4 Å². The van der Waals surface area contributed by atoms with Gasteiger partial charge in [-0.2, -0.15) is 33.3 Å². The van der Waals surface area contributed by atoms with Gasteiger partial charge in [0, 0.05) is 85.5 Å². The first-order chi connectivity index (χ1) is 39.4. The van der Waals surface area contributed by atoms with Crippen molar-refractivity contribution < 1.29 is 51.6 Å². The fourth-order valence-corrected chi connectivity index (χ4v) is 11.5. The van der Waals surface area contributed by atoms with Gasteiger partial charge in [0.25, 0.3) is 0 Å². The van der Waals surface area contributed by atoms with E-state index in [9.17, 15) is 19.8 Å². The Balaban J connectivity index is 0.877. The largest absolute Gasteiger partial charge is 0.486 e. The summed E-state index contributed by atoms with van der Waals surface area (Å²) in [6, 6.07) is 15.6. The number of alkyl halides is 3. The van der Waals surface area contributed by atoms with Crippen LogP contribution in [0.15, 0.2) is 85.3 Å². The second kappa shape index (κ2) is 22.7. The molecule has 0 unspecified atom stereocenters. The van der Waals surface area contributed by atoms with E-state index in [1.807, 2.05) is 60.7 Å². The molecule has 7 heterocycles. The van der Waals surface area contributed by atoms with Crippen molar-refractivity contribution in [3.63, 3.8) is 0 Å². The fourth-order valence-electron chi connectivity index (χ4n) is 11.5. The quantitative estimate of drug-likeness (QED) is 0.0499. The number of piperazine rings is 1. The molecule has 82 heavy (non-hydrogen) atoms. The van der Waals surface area contributed by atoms with Gasteiger partial charge >= 0.3 is 12.2 Å². The minimum absolute atomic E-state index is 0.0150. The fraction of sp³-hybridized carbons (Fsp3) is 0.414. The summed E-state index contributed by atoms with van der Waals surface area (Å²) in [5, 5.41) is 47.9. The van der Waals surface area contributed by atoms with Crippen LogP contribution >= 0.6 is 0 Å². The predicted octanol–water partition coefficient (Wildman–Crippen LogP) is 7.33.